The molecule has 0 saturated heterocycles. The second-order valence-corrected chi connectivity index (χ2v) is 7.76. The van der Waals surface area contributed by atoms with Gasteiger partial charge < -0.3 is 13.9 Å². The van der Waals surface area contributed by atoms with Crippen molar-refractivity contribution in [1.29, 1.82) is 0 Å². The highest BCUT2D eigenvalue weighted by molar-refractivity contribution is 6.03. The molecule has 0 spiro atoms. The first-order valence-electron chi connectivity index (χ1n) is 10.4. The minimum Gasteiger partial charge on any atom is -0.497 e. The summed E-state index contributed by atoms with van der Waals surface area (Å²) >= 11 is 0. The zero-order valence-electron chi connectivity index (χ0n) is 17.1. The molecule has 7 nitrogen and oxygen atoms in total. The predicted molar refractivity (Wildman–Crippen MR) is 110 cm³/mol. The maximum atomic E-state index is 12.8. The van der Waals surface area contributed by atoms with Crippen molar-refractivity contribution in [2.24, 2.45) is 11.0 Å². The molecular formula is C23H26N2O5. The van der Waals surface area contributed by atoms with Crippen LogP contribution in [0.5, 0.6) is 5.75 Å². The van der Waals surface area contributed by atoms with E-state index in [1.54, 1.807) is 19.4 Å². The highest BCUT2D eigenvalue weighted by Crippen LogP contribution is 2.33. The van der Waals surface area contributed by atoms with Gasteiger partial charge in [-0.3, -0.25) is 9.59 Å². The van der Waals surface area contributed by atoms with Crippen molar-refractivity contribution in [3.05, 3.63) is 54.0 Å². The molecule has 1 aromatic carbocycles. The summed E-state index contributed by atoms with van der Waals surface area (Å²) < 4.78 is 16.0. The Labute approximate surface area is 175 Å². The maximum Gasteiger partial charge on any atom is 0.306 e. The fourth-order valence-corrected chi connectivity index (χ4v) is 4.12. The van der Waals surface area contributed by atoms with Crippen LogP contribution in [0.25, 0.3) is 0 Å². The van der Waals surface area contributed by atoms with E-state index >= 15 is 0 Å². The van der Waals surface area contributed by atoms with Crippen LogP contribution in [0, 0.1) is 5.92 Å². The predicted octanol–water partition coefficient (Wildman–Crippen LogP) is 4.09. The number of amides is 1. The number of carbonyl (C=O) groups is 2. The van der Waals surface area contributed by atoms with Crippen LogP contribution in [-0.2, 0) is 14.3 Å². The van der Waals surface area contributed by atoms with Crippen LogP contribution in [0.4, 0.5) is 0 Å². The number of esters is 1. The number of methoxy groups -OCH3 is 1. The summed E-state index contributed by atoms with van der Waals surface area (Å²) in [6, 6.07) is 10.8. The zero-order valence-corrected chi connectivity index (χ0v) is 17.1. The van der Waals surface area contributed by atoms with E-state index in [0.717, 1.165) is 29.9 Å². The molecule has 1 atom stereocenters. The standard InChI is InChI=1S/C23H26N2O5/c1-28-18-10-8-17(9-11-18)19-14-20(21-7-4-12-29-21)25(24-19)22(26)15-30-23(27)13-16-5-2-3-6-16/h4,7-12,16,20H,2-3,5-6,13-15H2,1H3/t20-/m0/s1. The van der Waals surface area contributed by atoms with Gasteiger partial charge in [0.1, 0.15) is 17.6 Å². The Bertz CT molecular complexity index is 898. The molecule has 1 amide bonds. The molecule has 0 N–H and O–H groups in total. The number of hydrazone groups is 1. The summed E-state index contributed by atoms with van der Waals surface area (Å²) in [4.78, 5) is 25.0. The van der Waals surface area contributed by atoms with Crippen molar-refractivity contribution in [2.75, 3.05) is 13.7 Å². The van der Waals surface area contributed by atoms with E-state index in [9.17, 15) is 9.59 Å². The van der Waals surface area contributed by atoms with Gasteiger partial charge in [0.05, 0.1) is 19.1 Å². The second-order valence-electron chi connectivity index (χ2n) is 7.76. The summed E-state index contributed by atoms with van der Waals surface area (Å²) in [5, 5.41) is 5.92. The molecule has 1 aromatic heterocycles. The number of furan rings is 1. The third kappa shape index (κ3) is 4.56. The van der Waals surface area contributed by atoms with Gasteiger partial charge in [-0.15, -0.1) is 0 Å². The van der Waals surface area contributed by atoms with Crippen LogP contribution in [-0.4, -0.2) is 36.3 Å². The monoisotopic (exact) mass is 410 g/mol. The minimum absolute atomic E-state index is 0.316. The number of benzene rings is 1. The first-order chi connectivity index (χ1) is 14.6. The van der Waals surface area contributed by atoms with Crippen molar-refractivity contribution in [3.8, 4) is 5.75 Å². The Morgan fingerprint density at radius 3 is 2.60 bits per heavy atom. The fourth-order valence-electron chi connectivity index (χ4n) is 4.12. The molecule has 1 fully saturated rings. The average molecular weight is 410 g/mol. The smallest absolute Gasteiger partial charge is 0.306 e. The first kappa shape index (κ1) is 20.2. The lowest BCUT2D eigenvalue weighted by atomic mass is 10.0. The first-order valence-corrected chi connectivity index (χ1v) is 10.4. The molecule has 2 heterocycles. The SMILES string of the molecule is COc1ccc(C2=NN(C(=O)COC(=O)CC3CCCC3)[C@H](c3ccco3)C2)cc1. The summed E-state index contributed by atoms with van der Waals surface area (Å²) in [6.45, 7) is -0.317. The molecule has 0 unspecified atom stereocenters. The topological polar surface area (TPSA) is 81.3 Å². The van der Waals surface area contributed by atoms with Gasteiger partial charge in [0.2, 0.25) is 0 Å². The molecule has 7 heteroatoms. The van der Waals surface area contributed by atoms with E-state index in [2.05, 4.69) is 5.10 Å². The fraction of sp³-hybridized carbons (Fsp3) is 0.435. The van der Waals surface area contributed by atoms with Gasteiger partial charge in [-0.05, 0) is 60.7 Å². The molecule has 2 aromatic rings. The van der Waals surface area contributed by atoms with Gasteiger partial charge in [0, 0.05) is 12.8 Å². The minimum atomic E-state index is -0.363. The van der Waals surface area contributed by atoms with Gasteiger partial charge in [-0.25, -0.2) is 5.01 Å². The van der Waals surface area contributed by atoms with Crippen molar-refractivity contribution in [3.63, 3.8) is 0 Å². The molecule has 1 aliphatic heterocycles. The quantitative estimate of drug-likeness (QED) is 0.642. The molecule has 0 radical (unpaired) electrons. The van der Waals surface area contributed by atoms with Gasteiger partial charge in [0.25, 0.3) is 5.91 Å². The Hall–Kier alpha value is -3.09. The van der Waals surface area contributed by atoms with Crippen molar-refractivity contribution in [1.82, 2.24) is 5.01 Å². The maximum absolute atomic E-state index is 12.8. The molecule has 1 saturated carbocycles. The summed E-state index contributed by atoms with van der Waals surface area (Å²) in [5.41, 5.74) is 1.67. The van der Waals surface area contributed by atoms with Crippen LogP contribution in [0.1, 0.15) is 55.9 Å². The third-order valence-corrected chi connectivity index (χ3v) is 5.75. The Morgan fingerprint density at radius 2 is 1.93 bits per heavy atom. The lowest BCUT2D eigenvalue weighted by Crippen LogP contribution is -2.31. The summed E-state index contributed by atoms with van der Waals surface area (Å²) in [6.07, 6.45) is 6.93. The van der Waals surface area contributed by atoms with E-state index in [4.69, 9.17) is 13.9 Å². The molecule has 158 valence electrons. The van der Waals surface area contributed by atoms with E-state index < -0.39 is 0 Å². The van der Waals surface area contributed by atoms with Gasteiger partial charge in [-0.2, -0.15) is 5.10 Å². The van der Waals surface area contributed by atoms with Crippen LogP contribution in [0.2, 0.25) is 0 Å². The number of hydrogen-bond acceptors (Lipinski definition) is 6. The molecule has 30 heavy (non-hydrogen) atoms. The van der Waals surface area contributed by atoms with Crippen molar-refractivity contribution in [2.45, 2.75) is 44.6 Å². The Morgan fingerprint density at radius 1 is 1.17 bits per heavy atom. The Balaban J connectivity index is 1.44. The van der Waals surface area contributed by atoms with Gasteiger partial charge >= 0.3 is 5.97 Å². The van der Waals surface area contributed by atoms with Crippen LogP contribution >= 0.6 is 0 Å². The van der Waals surface area contributed by atoms with Crippen molar-refractivity contribution >= 4 is 17.6 Å². The van der Waals surface area contributed by atoms with Crippen LogP contribution in [0.3, 0.4) is 0 Å². The molecule has 1 aliphatic carbocycles. The van der Waals surface area contributed by atoms with E-state index in [0.29, 0.717) is 24.5 Å². The Kier molecular flexibility index (Phi) is 6.16. The number of hydrogen-bond donors (Lipinski definition) is 0. The highest BCUT2D eigenvalue weighted by atomic mass is 16.5. The highest BCUT2D eigenvalue weighted by Gasteiger charge is 2.35. The third-order valence-electron chi connectivity index (χ3n) is 5.75. The van der Waals surface area contributed by atoms with E-state index in [-0.39, 0.29) is 24.5 Å². The summed E-state index contributed by atoms with van der Waals surface area (Å²) in [5.74, 6) is 1.10. The number of nitrogens with zero attached hydrogens (tertiary/aromatic N) is 2. The number of rotatable bonds is 7. The zero-order chi connectivity index (χ0) is 20.9. The number of ether oxygens (including phenoxy) is 2. The normalized spacial score (nSPS) is 19.0. The van der Waals surface area contributed by atoms with Crippen LogP contribution in [0.15, 0.2) is 52.2 Å². The second kappa shape index (κ2) is 9.15. The van der Waals surface area contributed by atoms with Gasteiger partial charge in [-0.1, -0.05) is 12.8 Å². The van der Waals surface area contributed by atoms with Crippen LogP contribution < -0.4 is 4.74 Å². The molecule has 0 bridgehead atoms. The van der Waals surface area contributed by atoms with Gasteiger partial charge in [0.15, 0.2) is 6.61 Å². The largest absolute Gasteiger partial charge is 0.497 e. The van der Waals surface area contributed by atoms with Crippen molar-refractivity contribution < 1.29 is 23.5 Å². The molecule has 4 rings (SSSR count). The van der Waals surface area contributed by atoms with E-state index in [1.807, 2.05) is 30.3 Å². The molecular weight excluding hydrogens is 384 g/mol. The average Bonchev–Trinajstić information content (AvgIpc) is 3.53. The number of carbonyl (C=O) groups excluding carboxylic acids is 2. The lowest BCUT2D eigenvalue weighted by Gasteiger charge is -2.19. The summed E-state index contributed by atoms with van der Waals surface area (Å²) in [7, 11) is 1.61. The van der Waals surface area contributed by atoms with E-state index in [1.165, 1.54) is 17.9 Å². The molecule has 2 aliphatic rings. The lowest BCUT2D eigenvalue weighted by molar-refractivity contribution is -0.153.